The molecule has 2 heterocycles. The number of hydrogen-bond donors (Lipinski definition) is 3. The molecular weight excluding hydrogens is 317 g/mol. The van der Waals surface area contributed by atoms with E-state index in [1.54, 1.807) is 12.3 Å². The largest absolute Gasteiger partial charge is 0.361 e. The highest BCUT2D eigenvalue weighted by molar-refractivity contribution is 5.83. The highest BCUT2D eigenvalue weighted by Crippen LogP contribution is 2.17. The summed E-state index contributed by atoms with van der Waals surface area (Å²) < 4.78 is 13.6. The van der Waals surface area contributed by atoms with Crippen LogP contribution in [0.2, 0.25) is 0 Å². The average Bonchev–Trinajstić information content (AvgIpc) is 3.04. The topological polar surface area (TPSA) is 65.1 Å². The highest BCUT2D eigenvalue weighted by atomic mass is 19.1. The molecule has 3 N–H and O–H groups in total. The van der Waals surface area contributed by atoms with Crippen LogP contribution in [-0.4, -0.2) is 29.0 Å². The van der Waals surface area contributed by atoms with Crippen molar-refractivity contribution in [1.29, 1.82) is 0 Å². The molecule has 0 amide bonds. The number of nitrogens with zero attached hydrogens (tertiary/aromatic N) is 2. The van der Waals surface area contributed by atoms with Gasteiger partial charge in [-0.1, -0.05) is 18.2 Å². The number of benzene rings is 1. The number of fused-ring (bicyclic) bond motifs is 1. The van der Waals surface area contributed by atoms with Crippen molar-refractivity contribution in [2.45, 2.75) is 19.9 Å². The van der Waals surface area contributed by atoms with E-state index in [1.807, 2.05) is 25.3 Å². The van der Waals surface area contributed by atoms with Crippen molar-refractivity contribution in [3.63, 3.8) is 0 Å². The van der Waals surface area contributed by atoms with Gasteiger partial charge in [0, 0.05) is 36.4 Å². The van der Waals surface area contributed by atoms with Gasteiger partial charge in [-0.05, 0) is 37.1 Å². The summed E-state index contributed by atoms with van der Waals surface area (Å²) in [6.45, 7) is 3.68. The van der Waals surface area contributed by atoms with Gasteiger partial charge in [-0.15, -0.1) is 0 Å². The van der Waals surface area contributed by atoms with Crippen LogP contribution in [-0.2, 0) is 13.0 Å². The smallest absolute Gasteiger partial charge is 0.191 e. The molecule has 130 valence electrons. The lowest BCUT2D eigenvalue weighted by Crippen LogP contribution is -2.38. The third kappa shape index (κ3) is 4.35. The molecule has 0 aliphatic heterocycles. The fraction of sp³-hybridized carbons (Fsp3) is 0.263. The molecular formula is C19H22FN5. The molecule has 0 aliphatic carbocycles. The average molecular weight is 339 g/mol. The molecule has 25 heavy (non-hydrogen) atoms. The van der Waals surface area contributed by atoms with E-state index in [2.05, 4.69) is 37.7 Å². The third-order valence-corrected chi connectivity index (χ3v) is 3.93. The number of guanidine groups is 1. The number of halogens is 1. The molecule has 0 saturated carbocycles. The number of para-hydroxylation sites is 1. The number of aromatic nitrogens is 2. The lowest BCUT2D eigenvalue weighted by molar-refractivity contribution is 0.599. The standard InChI is InChI=1S/C19H22FN5/c1-2-21-19(25-13-18-16(20)7-5-10-22-18)23-11-9-14-12-24-17-8-4-3-6-15(14)17/h3-8,10,12,24H,2,9,11,13H2,1H3,(H2,21,23,25). The first kappa shape index (κ1) is 17.0. The van der Waals surface area contributed by atoms with Crippen LogP contribution in [0.25, 0.3) is 10.9 Å². The quantitative estimate of drug-likeness (QED) is 0.478. The summed E-state index contributed by atoms with van der Waals surface area (Å²) in [4.78, 5) is 11.7. The van der Waals surface area contributed by atoms with Gasteiger partial charge in [0.1, 0.15) is 5.82 Å². The summed E-state index contributed by atoms with van der Waals surface area (Å²) in [6.07, 6.45) is 4.48. The number of aliphatic imine (C=N–C) groups is 1. The minimum Gasteiger partial charge on any atom is -0.361 e. The molecule has 0 atom stereocenters. The molecule has 0 bridgehead atoms. The van der Waals surface area contributed by atoms with Gasteiger partial charge in [0.25, 0.3) is 0 Å². The number of pyridine rings is 1. The molecule has 5 nitrogen and oxygen atoms in total. The Morgan fingerprint density at radius 2 is 2.08 bits per heavy atom. The molecule has 0 radical (unpaired) electrons. The van der Waals surface area contributed by atoms with Crippen molar-refractivity contribution in [3.05, 3.63) is 65.9 Å². The number of rotatable bonds is 6. The SMILES string of the molecule is CCNC(=NCc1ncccc1F)NCCc1c[nH]c2ccccc12. The second-order valence-corrected chi connectivity index (χ2v) is 5.66. The normalized spacial score (nSPS) is 11.7. The molecule has 3 rings (SSSR count). The van der Waals surface area contributed by atoms with E-state index in [9.17, 15) is 4.39 Å². The van der Waals surface area contributed by atoms with Gasteiger partial charge in [-0.25, -0.2) is 9.38 Å². The van der Waals surface area contributed by atoms with Gasteiger partial charge < -0.3 is 15.6 Å². The maximum atomic E-state index is 13.6. The Kier molecular flexibility index (Phi) is 5.61. The van der Waals surface area contributed by atoms with Crippen LogP contribution in [0, 0.1) is 5.82 Å². The molecule has 0 fully saturated rings. The van der Waals surface area contributed by atoms with Crippen molar-refractivity contribution in [2.75, 3.05) is 13.1 Å². The van der Waals surface area contributed by atoms with Crippen LogP contribution in [0.5, 0.6) is 0 Å². The van der Waals surface area contributed by atoms with Crippen molar-refractivity contribution in [3.8, 4) is 0 Å². The van der Waals surface area contributed by atoms with Crippen LogP contribution in [0.1, 0.15) is 18.2 Å². The second kappa shape index (κ2) is 8.28. The van der Waals surface area contributed by atoms with E-state index >= 15 is 0 Å². The monoisotopic (exact) mass is 339 g/mol. The molecule has 0 unspecified atom stereocenters. The third-order valence-electron chi connectivity index (χ3n) is 3.93. The van der Waals surface area contributed by atoms with Gasteiger partial charge in [0.15, 0.2) is 5.96 Å². The van der Waals surface area contributed by atoms with Crippen molar-refractivity contribution < 1.29 is 4.39 Å². The van der Waals surface area contributed by atoms with Crippen LogP contribution in [0.4, 0.5) is 4.39 Å². The van der Waals surface area contributed by atoms with Gasteiger partial charge in [-0.2, -0.15) is 0 Å². The van der Waals surface area contributed by atoms with E-state index in [0.29, 0.717) is 11.7 Å². The fourth-order valence-corrected chi connectivity index (χ4v) is 2.68. The van der Waals surface area contributed by atoms with Crippen molar-refractivity contribution in [2.24, 2.45) is 4.99 Å². The Bertz CT molecular complexity index is 856. The molecule has 3 aromatic rings. The maximum absolute atomic E-state index is 13.6. The zero-order chi connectivity index (χ0) is 17.5. The maximum Gasteiger partial charge on any atom is 0.191 e. The Balaban J connectivity index is 1.60. The molecule has 2 aromatic heterocycles. The first-order valence-corrected chi connectivity index (χ1v) is 8.44. The van der Waals surface area contributed by atoms with Gasteiger partial charge >= 0.3 is 0 Å². The summed E-state index contributed by atoms with van der Waals surface area (Å²) >= 11 is 0. The van der Waals surface area contributed by atoms with E-state index < -0.39 is 0 Å². The Morgan fingerprint density at radius 3 is 2.92 bits per heavy atom. The number of aromatic amines is 1. The molecule has 0 spiro atoms. The van der Waals surface area contributed by atoms with Gasteiger partial charge in [0.2, 0.25) is 0 Å². The highest BCUT2D eigenvalue weighted by Gasteiger charge is 2.05. The molecule has 1 aromatic carbocycles. The van der Waals surface area contributed by atoms with E-state index in [-0.39, 0.29) is 12.4 Å². The van der Waals surface area contributed by atoms with E-state index in [4.69, 9.17) is 0 Å². The Hall–Kier alpha value is -2.89. The molecule has 0 aliphatic rings. The van der Waals surface area contributed by atoms with E-state index in [0.717, 1.165) is 25.0 Å². The predicted octanol–water partition coefficient (Wildman–Crippen LogP) is 3.00. The minimum absolute atomic E-state index is 0.203. The first-order chi connectivity index (χ1) is 12.3. The lowest BCUT2D eigenvalue weighted by Gasteiger charge is -2.11. The number of hydrogen-bond acceptors (Lipinski definition) is 2. The van der Waals surface area contributed by atoms with Crippen LogP contribution < -0.4 is 10.6 Å². The summed E-state index contributed by atoms with van der Waals surface area (Å²) in [7, 11) is 0. The summed E-state index contributed by atoms with van der Waals surface area (Å²) in [6, 6.07) is 11.2. The van der Waals surface area contributed by atoms with Crippen molar-refractivity contribution in [1.82, 2.24) is 20.6 Å². The minimum atomic E-state index is -0.333. The lowest BCUT2D eigenvalue weighted by atomic mass is 10.1. The van der Waals surface area contributed by atoms with Crippen LogP contribution >= 0.6 is 0 Å². The summed E-state index contributed by atoms with van der Waals surface area (Å²) in [5, 5.41) is 7.70. The predicted molar refractivity (Wildman–Crippen MR) is 99.0 cm³/mol. The summed E-state index contributed by atoms with van der Waals surface area (Å²) in [5.41, 5.74) is 2.75. The second-order valence-electron chi connectivity index (χ2n) is 5.66. The number of H-pyrrole nitrogens is 1. The molecule has 0 saturated heterocycles. The first-order valence-electron chi connectivity index (χ1n) is 8.44. The zero-order valence-corrected chi connectivity index (χ0v) is 14.2. The Labute approximate surface area is 146 Å². The summed E-state index contributed by atoms with van der Waals surface area (Å²) in [5.74, 6) is 0.327. The Morgan fingerprint density at radius 1 is 1.20 bits per heavy atom. The van der Waals surface area contributed by atoms with Gasteiger partial charge in [-0.3, -0.25) is 4.98 Å². The van der Waals surface area contributed by atoms with Crippen LogP contribution in [0.15, 0.2) is 53.8 Å². The molecule has 6 heteroatoms. The fourth-order valence-electron chi connectivity index (χ4n) is 2.68. The van der Waals surface area contributed by atoms with E-state index in [1.165, 1.54) is 17.0 Å². The van der Waals surface area contributed by atoms with Crippen LogP contribution in [0.3, 0.4) is 0 Å². The van der Waals surface area contributed by atoms with Gasteiger partial charge in [0.05, 0.1) is 12.2 Å². The van der Waals surface area contributed by atoms with Crippen molar-refractivity contribution >= 4 is 16.9 Å². The number of nitrogens with one attached hydrogen (secondary N) is 3. The zero-order valence-electron chi connectivity index (χ0n) is 14.2.